The van der Waals surface area contributed by atoms with E-state index in [4.69, 9.17) is 9.05 Å². The van der Waals surface area contributed by atoms with Gasteiger partial charge >= 0.3 is 7.60 Å². The number of rotatable bonds is 5. The van der Waals surface area contributed by atoms with Crippen molar-refractivity contribution in [3.63, 3.8) is 0 Å². The summed E-state index contributed by atoms with van der Waals surface area (Å²) >= 11 is 0. The van der Waals surface area contributed by atoms with Crippen molar-refractivity contribution >= 4 is 18.6 Å². The van der Waals surface area contributed by atoms with Crippen molar-refractivity contribution in [1.29, 1.82) is 0 Å². The van der Waals surface area contributed by atoms with Crippen molar-refractivity contribution in [3.05, 3.63) is 0 Å². The average Bonchev–Trinajstić information content (AvgIpc) is 2.21. The number of hydrogen-bond acceptors (Lipinski definition) is 4. The van der Waals surface area contributed by atoms with Gasteiger partial charge in [-0.3, -0.25) is 4.57 Å². The van der Waals surface area contributed by atoms with Crippen molar-refractivity contribution in [1.82, 2.24) is 4.72 Å². The Morgan fingerprint density at radius 2 is 1.44 bits per heavy atom. The van der Waals surface area contributed by atoms with Gasteiger partial charge in [0.25, 0.3) is 0 Å². The Hall–Kier alpha value is 0.260. The maximum atomic E-state index is 12.5. The van der Waals surface area contributed by atoms with Crippen LogP contribution in [0.25, 0.3) is 0 Å². The van der Waals surface area contributed by atoms with Crippen LogP contribution < -0.4 is 4.72 Å². The molecule has 0 rings (SSSR count). The molecule has 0 saturated heterocycles. The third-order valence-corrected chi connectivity index (χ3v) is 6.71. The zero-order chi connectivity index (χ0) is 14.8. The van der Waals surface area contributed by atoms with Crippen LogP contribution >= 0.6 is 7.60 Å². The van der Waals surface area contributed by atoms with E-state index in [-0.39, 0.29) is 0 Å². The van der Waals surface area contributed by atoms with E-state index in [0.29, 0.717) is 0 Å². The SMILES string of the molecule is COP(=O)(OC)[C@@H](N[S@@](=O)C(C)(C)C)C(C)(C)C. The first kappa shape index (κ1) is 18.3. The smallest absolute Gasteiger partial charge is 0.311 e. The lowest BCUT2D eigenvalue weighted by Gasteiger charge is -2.36. The van der Waals surface area contributed by atoms with Gasteiger partial charge in [0.15, 0.2) is 0 Å². The molecule has 0 aliphatic carbocycles. The van der Waals surface area contributed by atoms with Crippen molar-refractivity contribution in [2.75, 3.05) is 14.2 Å². The molecular formula is C11H26NO4PS. The van der Waals surface area contributed by atoms with E-state index in [0.717, 1.165) is 0 Å². The molecular weight excluding hydrogens is 273 g/mol. The Bertz CT molecular complexity index is 338. The predicted octanol–water partition coefficient (Wildman–Crippen LogP) is 2.90. The zero-order valence-corrected chi connectivity index (χ0v) is 14.3. The Labute approximate surface area is 113 Å². The molecule has 0 aliphatic heterocycles. The van der Waals surface area contributed by atoms with Crippen LogP contribution in [0, 0.1) is 5.41 Å². The highest BCUT2D eigenvalue weighted by Gasteiger charge is 2.44. The van der Waals surface area contributed by atoms with Gasteiger partial charge in [0.1, 0.15) is 5.78 Å². The first-order chi connectivity index (χ1) is 7.88. The fourth-order valence-electron chi connectivity index (χ4n) is 1.28. The van der Waals surface area contributed by atoms with Crippen molar-refractivity contribution < 1.29 is 17.8 Å². The van der Waals surface area contributed by atoms with Crippen molar-refractivity contribution in [2.24, 2.45) is 5.41 Å². The van der Waals surface area contributed by atoms with Gasteiger partial charge in [-0.2, -0.15) is 0 Å². The second-order valence-corrected chi connectivity index (χ2v) is 10.5. The Morgan fingerprint density at radius 1 is 1.06 bits per heavy atom. The molecule has 7 heteroatoms. The van der Waals surface area contributed by atoms with Gasteiger partial charge in [0.2, 0.25) is 0 Å². The molecule has 0 spiro atoms. The lowest BCUT2D eigenvalue weighted by atomic mass is 9.97. The standard InChI is InChI=1S/C11H26NO4PS/c1-10(2,3)9(17(13,15-7)16-8)12-18(14)11(4,5)6/h9,12H,1-8H3/t9-,18+/m1/s1. The maximum absolute atomic E-state index is 12.5. The van der Waals surface area contributed by atoms with Gasteiger partial charge in [-0.05, 0) is 26.2 Å². The van der Waals surface area contributed by atoms with E-state index in [9.17, 15) is 8.77 Å². The summed E-state index contributed by atoms with van der Waals surface area (Å²) in [7, 11) is -2.01. The molecule has 0 aromatic heterocycles. The van der Waals surface area contributed by atoms with Gasteiger partial charge in [0.05, 0.1) is 15.7 Å². The van der Waals surface area contributed by atoms with E-state index < -0.39 is 34.5 Å². The molecule has 0 aromatic rings. The monoisotopic (exact) mass is 299 g/mol. The Morgan fingerprint density at radius 3 is 1.67 bits per heavy atom. The molecule has 110 valence electrons. The molecule has 0 radical (unpaired) electrons. The summed E-state index contributed by atoms with van der Waals surface area (Å²) in [5.74, 6) is -0.639. The molecule has 0 fully saturated rings. The molecule has 0 aromatic carbocycles. The maximum Gasteiger partial charge on any atom is 0.348 e. The fourth-order valence-corrected chi connectivity index (χ4v) is 4.51. The van der Waals surface area contributed by atoms with Crippen molar-refractivity contribution in [2.45, 2.75) is 52.1 Å². The molecule has 0 saturated carbocycles. The van der Waals surface area contributed by atoms with Gasteiger partial charge < -0.3 is 9.05 Å². The van der Waals surface area contributed by atoms with Crippen LogP contribution in [0.5, 0.6) is 0 Å². The van der Waals surface area contributed by atoms with Crippen LogP contribution in [-0.4, -0.2) is 29.0 Å². The summed E-state index contributed by atoms with van der Waals surface area (Å²) in [5.41, 5.74) is -0.414. The van der Waals surface area contributed by atoms with Gasteiger partial charge in [-0.1, -0.05) is 20.8 Å². The lowest BCUT2D eigenvalue weighted by molar-refractivity contribution is 0.231. The zero-order valence-electron chi connectivity index (χ0n) is 12.6. The van der Waals surface area contributed by atoms with E-state index in [1.54, 1.807) is 0 Å². The summed E-state index contributed by atoms with van der Waals surface area (Å²) in [5, 5.41) is 0. The largest absolute Gasteiger partial charge is 0.348 e. The highest BCUT2D eigenvalue weighted by atomic mass is 32.2. The van der Waals surface area contributed by atoms with E-state index in [2.05, 4.69) is 4.72 Å². The topological polar surface area (TPSA) is 64.6 Å². The van der Waals surface area contributed by atoms with E-state index in [1.807, 2.05) is 41.5 Å². The first-order valence-electron chi connectivity index (χ1n) is 5.77. The molecule has 1 N–H and O–H groups in total. The van der Waals surface area contributed by atoms with Crippen LogP contribution in [0.15, 0.2) is 0 Å². The average molecular weight is 299 g/mol. The summed E-state index contributed by atoms with van der Waals surface area (Å²) < 4.78 is 37.2. The third kappa shape index (κ3) is 4.74. The van der Waals surface area contributed by atoms with Crippen LogP contribution in [-0.2, 0) is 24.6 Å². The highest BCUT2D eigenvalue weighted by molar-refractivity contribution is 7.84. The van der Waals surface area contributed by atoms with Gasteiger partial charge in [-0.15, -0.1) is 0 Å². The minimum absolute atomic E-state index is 0.414. The van der Waals surface area contributed by atoms with Crippen molar-refractivity contribution in [3.8, 4) is 0 Å². The molecule has 0 bridgehead atoms. The Balaban J connectivity index is 5.30. The molecule has 18 heavy (non-hydrogen) atoms. The normalized spacial score (nSPS) is 17.6. The second-order valence-electron chi connectivity index (χ2n) is 6.17. The minimum atomic E-state index is -3.34. The molecule has 0 heterocycles. The third-order valence-electron chi connectivity index (χ3n) is 2.42. The first-order valence-corrected chi connectivity index (χ1v) is 8.54. The van der Waals surface area contributed by atoms with Crippen LogP contribution in [0.4, 0.5) is 0 Å². The molecule has 0 aliphatic rings. The highest BCUT2D eigenvalue weighted by Crippen LogP contribution is 2.56. The Kier molecular flexibility index (Phi) is 6.23. The molecule has 5 nitrogen and oxygen atoms in total. The molecule has 2 atom stereocenters. The van der Waals surface area contributed by atoms with Crippen LogP contribution in [0.3, 0.4) is 0 Å². The number of nitrogens with one attached hydrogen (secondary N) is 1. The molecule has 0 amide bonds. The van der Waals surface area contributed by atoms with E-state index in [1.165, 1.54) is 14.2 Å². The van der Waals surface area contributed by atoms with Gasteiger partial charge in [0, 0.05) is 14.2 Å². The second kappa shape index (κ2) is 6.14. The van der Waals surface area contributed by atoms with Gasteiger partial charge in [-0.25, -0.2) is 8.93 Å². The summed E-state index contributed by atoms with van der Waals surface area (Å²) in [6, 6.07) is 0. The summed E-state index contributed by atoms with van der Waals surface area (Å²) in [4.78, 5) is 0. The van der Waals surface area contributed by atoms with E-state index >= 15 is 0 Å². The van der Waals surface area contributed by atoms with Crippen LogP contribution in [0.2, 0.25) is 0 Å². The summed E-state index contributed by atoms with van der Waals surface area (Å²) in [6.45, 7) is 11.2. The lowest BCUT2D eigenvalue weighted by Crippen LogP contribution is -2.46. The quantitative estimate of drug-likeness (QED) is 0.793. The summed E-state index contributed by atoms with van der Waals surface area (Å²) in [6.07, 6.45) is 0. The number of hydrogen-bond donors (Lipinski definition) is 1. The predicted molar refractivity (Wildman–Crippen MR) is 75.9 cm³/mol. The van der Waals surface area contributed by atoms with Crippen LogP contribution in [0.1, 0.15) is 41.5 Å². The fraction of sp³-hybridized carbons (Fsp3) is 1.00. The molecule has 0 unspecified atom stereocenters. The minimum Gasteiger partial charge on any atom is -0.311 e.